The molecule has 0 bridgehead atoms. The van der Waals surface area contributed by atoms with E-state index in [0.717, 1.165) is 26.0 Å². The highest BCUT2D eigenvalue weighted by Crippen LogP contribution is 1.95. The molecular weight excluding hydrogens is 126 g/mol. The van der Waals surface area contributed by atoms with Crippen LogP contribution in [0, 0.1) is 0 Å². The van der Waals surface area contributed by atoms with E-state index in [2.05, 4.69) is 13.8 Å². The average Bonchev–Trinajstić information content (AvgIpc) is 1.89. The van der Waals surface area contributed by atoms with Gasteiger partial charge in [0.25, 0.3) is 0 Å². The SMILES string of the molecule is C.CCC(C)OCCCN. The highest BCUT2D eigenvalue weighted by molar-refractivity contribution is 4.44. The molecule has 0 rings (SSSR count). The molecular formula is C8H21NO. The predicted molar refractivity (Wildman–Crippen MR) is 46.1 cm³/mol. The van der Waals surface area contributed by atoms with E-state index in [9.17, 15) is 0 Å². The molecule has 0 heterocycles. The van der Waals surface area contributed by atoms with Gasteiger partial charge in [-0.1, -0.05) is 14.4 Å². The van der Waals surface area contributed by atoms with E-state index in [4.69, 9.17) is 10.5 Å². The van der Waals surface area contributed by atoms with E-state index in [0.29, 0.717) is 6.10 Å². The second kappa shape index (κ2) is 8.92. The van der Waals surface area contributed by atoms with Crippen LogP contribution in [0.25, 0.3) is 0 Å². The van der Waals surface area contributed by atoms with E-state index in [-0.39, 0.29) is 7.43 Å². The first-order valence-electron chi connectivity index (χ1n) is 3.63. The summed E-state index contributed by atoms with van der Waals surface area (Å²) in [5.41, 5.74) is 5.28. The van der Waals surface area contributed by atoms with Gasteiger partial charge in [-0.25, -0.2) is 0 Å². The van der Waals surface area contributed by atoms with Crippen LogP contribution in [0.4, 0.5) is 0 Å². The van der Waals surface area contributed by atoms with E-state index >= 15 is 0 Å². The summed E-state index contributed by atoms with van der Waals surface area (Å²) in [5, 5.41) is 0. The molecule has 10 heavy (non-hydrogen) atoms. The minimum Gasteiger partial charge on any atom is -0.378 e. The first-order valence-corrected chi connectivity index (χ1v) is 3.63. The van der Waals surface area contributed by atoms with E-state index in [1.807, 2.05) is 0 Å². The molecule has 64 valence electrons. The Morgan fingerprint density at radius 3 is 2.50 bits per heavy atom. The Morgan fingerprint density at radius 2 is 2.10 bits per heavy atom. The van der Waals surface area contributed by atoms with Crippen molar-refractivity contribution < 1.29 is 4.74 Å². The Bertz CT molecular complexity index is 57.2. The molecule has 0 aromatic carbocycles. The quantitative estimate of drug-likeness (QED) is 0.602. The lowest BCUT2D eigenvalue weighted by Gasteiger charge is -2.08. The number of ether oxygens (including phenoxy) is 1. The molecule has 0 aromatic heterocycles. The van der Waals surface area contributed by atoms with Crippen molar-refractivity contribution in [2.75, 3.05) is 13.2 Å². The Morgan fingerprint density at radius 1 is 1.50 bits per heavy atom. The van der Waals surface area contributed by atoms with E-state index in [1.54, 1.807) is 0 Å². The number of hydrogen-bond donors (Lipinski definition) is 1. The normalized spacial score (nSPS) is 12.3. The molecule has 0 aliphatic rings. The third-order valence-electron chi connectivity index (χ3n) is 1.33. The fourth-order valence-electron chi connectivity index (χ4n) is 0.486. The van der Waals surface area contributed by atoms with Gasteiger partial charge in [0.05, 0.1) is 6.10 Å². The first-order chi connectivity index (χ1) is 4.31. The van der Waals surface area contributed by atoms with Crippen molar-refractivity contribution >= 4 is 0 Å². The molecule has 2 heteroatoms. The van der Waals surface area contributed by atoms with Gasteiger partial charge >= 0.3 is 0 Å². The Balaban J connectivity index is 0. The summed E-state index contributed by atoms with van der Waals surface area (Å²) in [4.78, 5) is 0. The molecule has 0 aliphatic carbocycles. The zero-order valence-electron chi connectivity index (χ0n) is 6.39. The Kier molecular flexibility index (Phi) is 11.2. The van der Waals surface area contributed by atoms with Crippen LogP contribution in [0.5, 0.6) is 0 Å². The summed E-state index contributed by atoms with van der Waals surface area (Å²) >= 11 is 0. The largest absolute Gasteiger partial charge is 0.378 e. The molecule has 0 radical (unpaired) electrons. The van der Waals surface area contributed by atoms with Gasteiger partial charge in [-0.15, -0.1) is 0 Å². The second-order valence-corrected chi connectivity index (χ2v) is 2.23. The lowest BCUT2D eigenvalue weighted by molar-refractivity contribution is 0.0631. The number of hydrogen-bond acceptors (Lipinski definition) is 2. The molecule has 1 atom stereocenters. The fourth-order valence-corrected chi connectivity index (χ4v) is 0.486. The molecule has 0 aliphatic heterocycles. The molecule has 0 saturated heterocycles. The first kappa shape index (κ1) is 12.6. The van der Waals surface area contributed by atoms with Crippen molar-refractivity contribution in [1.82, 2.24) is 0 Å². The van der Waals surface area contributed by atoms with Gasteiger partial charge in [0.2, 0.25) is 0 Å². The predicted octanol–water partition coefficient (Wildman–Crippen LogP) is 1.79. The topological polar surface area (TPSA) is 35.2 Å². The summed E-state index contributed by atoms with van der Waals surface area (Å²) in [5.74, 6) is 0. The van der Waals surface area contributed by atoms with Crippen molar-refractivity contribution in [3.63, 3.8) is 0 Å². The van der Waals surface area contributed by atoms with Gasteiger partial charge < -0.3 is 10.5 Å². The number of rotatable bonds is 5. The third-order valence-corrected chi connectivity index (χ3v) is 1.33. The van der Waals surface area contributed by atoms with Crippen LogP contribution in [-0.4, -0.2) is 19.3 Å². The minimum atomic E-state index is 0. The third kappa shape index (κ3) is 7.92. The van der Waals surface area contributed by atoms with E-state index < -0.39 is 0 Å². The summed E-state index contributed by atoms with van der Waals surface area (Å²) in [6, 6.07) is 0. The van der Waals surface area contributed by atoms with Gasteiger partial charge in [-0.2, -0.15) is 0 Å². The Labute approximate surface area is 64.8 Å². The zero-order chi connectivity index (χ0) is 7.11. The lowest BCUT2D eigenvalue weighted by atomic mass is 10.3. The minimum absolute atomic E-state index is 0. The summed E-state index contributed by atoms with van der Waals surface area (Å²) < 4.78 is 5.35. The maximum atomic E-state index is 5.35. The molecule has 0 amide bonds. The maximum Gasteiger partial charge on any atom is 0.0544 e. The summed E-state index contributed by atoms with van der Waals surface area (Å²) in [6.45, 7) is 5.74. The molecule has 1 unspecified atom stereocenters. The maximum absolute atomic E-state index is 5.35. The van der Waals surface area contributed by atoms with Gasteiger partial charge in [0, 0.05) is 6.61 Å². The number of nitrogens with two attached hydrogens (primary N) is 1. The van der Waals surface area contributed by atoms with Gasteiger partial charge in [-0.3, -0.25) is 0 Å². The standard InChI is InChI=1S/C7H17NO.CH4/c1-3-7(2)9-6-4-5-8;/h7H,3-6,8H2,1-2H3;1H4. The van der Waals surface area contributed by atoms with Gasteiger partial charge in [0.1, 0.15) is 0 Å². The zero-order valence-corrected chi connectivity index (χ0v) is 6.39. The lowest BCUT2D eigenvalue weighted by Crippen LogP contribution is -2.10. The van der Waals surface area contributed by atoms with Crippen LogP contribution in [0.2, 0.25) is 0 Å². The van der Waals surface area contributed by atoms with Crippen molar-refractivity contribution in [1.29, 1.82) is 0 Å². The monoisotopic (exact) mass is 147 g/mol. The summed E-state index contributed by atoms with van der Waals surface area (Å²) in [7, 11) is 0. The molecule has 0 spiro atoms. The van der Waals surface area contributed by atoms with Crippen molar-refractivity contribution in [2.45, 2.75) is 40.2 Å². The van der Waals surface area contributed by atoms with Gasteiger partial charge in [0.15, 0.2) is 0 Å². The smallest absolute Gasteiger partial charge is 0.0544 e. The van der Waals surface area contributed by atoms with Crippen LogP contribution in [0.3, 0.4) is 0 Å². The van der Waals surface area contributed by atoms with Crippen molar-refractivity contribution in [2.24, 2.45) is 5.73 Å². The van der Waals surface area contributed by atoms with E-state index in [1.165, 1.54) is 0 Å². The van der Waals surface area contributed by atoms with Crippen molar-refractivity contribution in [3.8, 4) is 0 Å². The van der Waals surface area contributed by atoms with Crippen LogP contribution >= 0.6 is 0 Å². The van der Waals surface area contributed by atoms with Crippen LogP contribution in [0.1, 0.15) is 34.1 Å². The summed E-state index contributed by atoms with van der Waals surface area (Å²) in [6.07, 6.45) is 2.46. The highest BCUT2D eigenvalue weighted by Gasteiger charge is 1.95. The molecule has 2 N–H and O–H groups in total. The molecule has 2 nitrogen and oxygen atoms in total. The van der Waals surface area contributed by atoms with Crippen LogP contribution in [-0.2, 0) is 4.74 Å². The highest BCUT2D eigenvalue weighted by atomic mass is 16.5. The van der Waals surface area contributed by atoms with Crippen LogP contribution < -0.4 is 5.73 Å². The molecule has 0 aromatic rings. The second-order valence-electron chi connectivity index (χ2n) is 2.23. The van der Waals surface area contributed by atoms with Crippen molar-refractivity contribution in [3.05, 3.63) is 0 Å². The average molecular weight is 147 g/mol. The Hall–Kier alpha value is -0.0800. The van der Waals surface area contributed by atoms with Gasteiger partial charge in [-0.05, 0) is 26.3 Å². The fraction of sp³-hybridized carbons (Fsp3) is 1.00. The molecule has 0 fully saturated rings. The van der Waals surface area contributed by atoms with Crippen LogP contribution in [0.15, 0.2) is 0 Å². The molecule has 0 saturated carbocycles.